The fourth-order valence-electron chi connectivity index (χ4n) is 2.50. The second-order valence-electron chi connectivity index (χ2n) is 4.87. The van der Waals surface area contributed by atoms with Gasteiger partial charge in [-0.3, -0.25) is 10.1 Å². The lowest BCUT2D eigenvalue weighted by molar-refractivity contribution is -0.384. The molecule has 4 rings (SSSR count). The maximum atomic E-state index is 11.4. The minimum Gasteiger partial charge on any atom is -0.454 e. The van der Waals surface area contributed by atoms with Gasteiger partial charge in [0, 0.05) is 17.0 Å². The number of para-hydroxylation sites is 1. The number of hydrogen-bond donors (Lipinski definition) is 0. The van der Waals surface area contributed by atoms with Crippen molar-refractivity contribution < 1.29 is 14.4 Å². The SMILES string of the molecule is O=[N+]([O-])c1cc2ccccc2nc1-c1ccc2c(c1)OCO2. The van der Waals surface area contributed by atoms with E-state index >= 15 is 0 Å². The molecular weight excluding hydrogens is 284 g/mol. The third kappa shape index (κ3) is 1.93. The number of aromatic nitrogens is 1. The molecule has 0 saturated carbocycles. The molecule has 0 fully saturated rings. The highest BCUT2D eigenvalue weighted by Gasteiger charge is 2.21. The second-order valence-corrected chi connectivity index (χ2v) is 4.87. The minimum absolute atomic E-state index is 0.0300. The van der Waals surface area contributed by atoms with Crippen molar-refractivity contribution in [1.82, 2.24) is 4.98 Å². The van der Waals surface area contributed by atoms with Crippen LogP contribution in [0.4, 0.5) is 5.69 Å². The molecule has 0 aliphatic carbocycles. The van der Waals surface area contributed by atoms with E-state index < -0.39 is 4.92 Å². The van der Waals surface area contributed by atoms with Gasteiger partial charge in [0.2, 0.25) is 6.79 Å². The Kier molecular flexibility index (Phi) is 2.69. The van der Waals surface area contributed by atoms with E-state index in [1.807, 2.05) is 18.2 Å². The van der Waals surface area contributed by atoms with Gasteiger partial charge in [-0.25, -0.2) is 4.98 Å². The van der Waals surface area contributed by atoms with Crippen LogP contribution in [0.15, 0.2) is 48.5 Å². The number of nitro groups is 1. The summed E-state index contributed by atoms with van der Waals surface area (Å²) in [6, 6.07) is 14.1. The van der Waals surface area contributed by atoms with Crippen LogP contribution < -0.4 is 9.47 Å². The van der Waals surface area contributed by atoms with Crippen molar-refractivity contribution in [2.45, 2.75) is 0 Å². The molecule has 0 amide bonds. The summed E-state index contributed by atoms with van der Waals surface area (Å²) in [4.78, 5) is 15.4. The largest absolute Gasteiger partial charge is 0.454 e. The fourth-order valence-corrected chi connectivity index (χ4v) is 2.50. The number of ether oxygens (including phenoxy) is 2. The monoisotopic (exact) mass is 294 g/mol. The molecule has 1 aromatic heterocycles. The van der Waals surface area contributed by atoms with E-state index in [0.29, 0.717) is 28.3 Å². The van der Waals surface area contributed by atoms with Crippen molar-refractivity contribution in [3.05, 3.63) is 58.6 Å². The molecule has 0 bridgehead atoms. The van der Waals surface area contributed by atoms with Gasteiger partial charge in [-0.15, -0.1) is 0 Å². The van der Waals surface area contributed by atoms with Gasteiger partial charge >= 0.3 is 0 Å². The molecule has 2 aromatic carbocycles. The Balaban J connectivity index is 1.96. The Morgan fingerprint density at radius 3 is 2.73 bits per heavy atom. The Hall–Kier alpha value is -3.15. The van der Waals surface area contributed by atoms with E-state index in [0.717, 1.165) is 5.39 Å². The summed E-state index contributed by atoms with van der Waals surface area (Å²) in [5.74, 6) is 1.20. The molecule has 22 heavy (non-hydrogen) atoms. The zero-order chi connectivity index (χ0) is 15.1. The molecule has 0 saturated heterocycles. The smallest absolute Gasteiger partial charge is 0.296 e. The van der Waals surface area contributed by atoms with Crippen LogP contribution in [-0.4, -0.2) is 16.7 Å². The van der Waals surface area contributed by atoms with Crippen molar-refractivity contribution in [2.24, 2.45) is 0 Å². The molecule has 0 spiro atoms. The predicted molar refractivity (Wildman–Crippen MR) is 80.0 cm³/mol. The van der Waals surface area contributed by atoms with Gasteiger partial charge in [0.25, 0.3) is 5.69 Å². The van der Waals surface area contributed by atoms with Gasteiger partial charge < -0.3 is 9.47 Å². The summed E-state index contributed by atoms with van der Waals surface area (Å²) >= 11 is 0. The Labute approximate surface area is 125 Å². The highest BCUT2D eigenvalue weighted by Crippen LogP contribution is 2.38. The molecule has 1 aliphatic heterocycles. The quantitative estimate of drug-likeness (QED) is 0.534. The van der Waals surface area contributed by atoms with E-state index in [2.05, 4.69) is 4.98 Å². The standard InChI is InChI=1S/C16H10N2O4/c19-18(20)13-7-10-3-1-2-4-12(10)17-16(13)11-5-6-14-15(8-11)22-9-21-14/h1-8H,9H2. The molecule has 0 N–H and O–H groups in total. The molecule has 0 radical (unpaired) electrons. The number of rotatable bonds is 2. The van der Waals surface area contributed by atoms with Gasteiger partial charge in [-0.2, -0.15) is 0 Å². The summed E-state index contributed by atoms with van der Waals surface area (Å²) in [6.45, 7) is 0.159. The van der Waals surface area contributed by atoms with Gasteiger partial charge in [0.15, 0.2) is 11.5 Å². The molecule has 0 unspecified atom stereocenters. The van der Waals surface area contributed by atoms with Crippen LogP contribution in [0, 0.1) is 10.1 Å². The van der Waals surface area contributed by atoms with Crippen LogP contribution in [0.3, 0.4) is 0 Å². The number of benzene rings is 2. The molecule has 0 atom stereocenters. The lowest BCUT2D eigenvalue weighted by Gasteiger charge is -2.06. The van der Waals surface area contributed by atoms with Crippen molar-refractivity contribution in [2.75, 3.05) is 6.79 Å². The van der Waals surface area contributed by atoms with E-state index in [1.165, 1.54) is 0 Å². The molecular formula is C16H10N2O4. The number of pyridine rings is 1. The minimum atomic E-state index is -0.417. The van der Waals surface area contributed by atoms with Gasteiger partial charge in [-0.05, 0) is 24.3 Å². The number of nitrogens with zero attached hydrogens (tertiary/aromatic N) is 2. The second kappa shape index (κ2) is 4.70. The topological polar surface area (TPSA) is 74.5 Å². The summed E-state index contributed by atoms with van der Waals surface area (Å²) in [5, 5.41) is 12.1. The average molecular weight is 294 g/mol. The third-order valence-electron chi connectivity index (χ3n) is 3.55. The first kappa shape index (κ1) is 12.6. The molecule has 3 aromatic rings. The summed E-state index contributed by atoms with van der Waals surface area (Å²) in [6.07, 6.45) is 0. The number of fused-ring (bicyclic) bond motifs is 2. The van der Waals surface area contributed by atoms with Crippen LogP contribution in [-0.2, 0) is 0 Å². The molecule has 1 aliphatic rings. The predicted octanol–water partition coefficient (Wildman–Crippen LogP) is 3.54. The van der Waals surface area contributed by atoms with E-state index in [4.69, 9.17) is 9.47 Å². The lowest BCUT2D eigenvalue weighted by atomic mass is 10.1. The molecule has 6 heteroatoms. The van der Waals surface area contributed by atoms with Crippen LogP contribution >= 0.6 is 0 Å². The third-order valence-corrected chi connectivity index (χ3v) is 3.55. The van der Waals surface area contributed by atoms with Gasteiger partial charge in [0.05, 0.1) is 10.4 Å². The summed E-state index contributed by atoms with van der Waals surface area (Å²) in [5.41, 5.74) is 1.63. The maximum absolute atomic E-state index is 11.4. The highest BCUT2D eigenvalue weighted by atomic mass is 16.7. The normalized spacial score (nSPS) is 12.5. The highest BCUT2D eigenvalue weighted by molar-refractivity contribution is 5.86. The van der Waals surface area contributed by atoms with Crippen molar-refractivity contribution in [3.63, 3.8) is 0 Å². The van der Waals surface area contributed by atoms with Crippen molar-refractivity contribution >= 4 is 16.6 Å². The maximum Gasteiger partial charge on any atom is 0.296 e. The van der Waals surface area contributed by atoms with Crippen molar-refractivity contribution in [3.8, 4) is 22.8 Å². The van der Waals surface area contributed by atoms with E-state index in [-0.39, 0.29) is 12.5 Å². The van der Waals surface area contributed by atoms with E-state index in [9.17, 15) is 10.1 Å². The van der Waals surface area contributed by atoms with Crippen LogP contribution in [0.1, 0.15) is 0 Å². The molecule has 2 heterocycles. The average Bonchev–Trinajstić information content (AvgIpc) is 3.01. The Morgan fingerprint density at radius 1 is 1.05 bits per heavy atom. The number of hydrogen-bond acceptors (Lipinski definition) is 5. The Bertz CT molecular complexity index is 908. The summed E-state index contributed by atoms with van der Waals surface area (Å²) in [7, 11) is 0. The van der Waals surface area contributed by atoms with Gasteiger partial charge in [-0.1, -0.05) is 18.2 Å². The van der Waals surface area contributed by atoms with Crippen LogP contribution in [0.2, 0.25) is 0 Å². The molecule has 6 nitrogen and oxygen atoms in total. The van der Waals surface area contributed by atoms with E-state index in [1.54, 1.807) is 30.3 Å². The first-order chi connectivity index (χ1) is 10.7. The fraction of sp³-hybridized carbons (Fsp3) is 0.0625. The van der Waals surface area contributed by atoms with Crippen molar-refractivity contribution in [1.29, 1.82) is 0 Å². The first-order valence-electron chi connectivity index (χ1n) is 6.66. The van der Waals surface area contributed by atoms with Crippen LogP contribution in [0.5, 0.6) is 11.5 Å². The zero-order valence-corrected chi connectivity index (χ0v) is 11.4. The first-order valence-corrected chi connectivity index (χ1v) is 6.66. The van der Waals surface area contributed by atoms with Crippen LogP contribution in [0.25, 0.3) is 22.2 Å². The Morgan fingerprint density at radius 2 is 1.86 bits per heavy atom. The lowest BCUT2D eigenvalue weighted by Crippen LogP contribution is -1.96. The zero-order valence-electron chi connectivity index (χ0n) is 11.4. The molecule has 108 valence electrons. The van der Waals surface area contributed by atoms with Gasteiger partial charge in [0.1, 0.15) is 5.69 Å². The summed E-state index contributed by atoms with van der Waals surface area (Å²) < 4.78 is 10.6.